The van der Waals surface area contributed by atoms with Gasteiger partial charge in [0.05, 0.1) is 29.1 Å². The highest BCUT2D eigenvalue weighted by molar-refractivity contribution is 7.87. The molecule has 7 heteroatoms. The largest absolute Gasteiger partial charge is 0.547 e. The smallest absolute Gasteiger partial charge is 0.241 e. The molecule has 162 valence electrons. The predicted octanol–water partition coefficient (Wildman–Crippen LogP) is 4.31. The number of methoxy groups -OCH3 is 1. The van der Waals surface area contributed by atoms with Gasteiger partial charge in [0.2, 0.25) is 14.1 Å². The molecular weight excluding hydrogens is 416 g/mol. The molecule has 0 saturated carbocycles. The predicted molar refractivity (Wildman–Crippen MR) is 120 cm³/mol. The molecule has 2 aliphatic rings. The number of carbonyl (C=O) groups excluding carboxylic acids is 2. The summed E-state index contributed by atoms with van der Waals surface area (Å²) < 4.78 is 24.3. The molecule has 4 atom stereocenters. The van der Waals surface area contributed by atoms with Crippen LogP contribution in [0.5, 0.6) is 0 Å². The van der Waals surface area contributed by atoms with E-state index in [1.165, 1.54) is 13.2 Å². The van der Waals surface area contributed by atoms with Crippen molar-refractivity contribution in [3.63, 3.8) is 0 Å². The fourth-order valence-electron chi connectivity index (χ4n) is 4.50. The lowest BCUT2D eigenvalue weighted by Gasteiger charge is -2.53. The van der Waals surface area contributed by atoms with Crippen LogP contribution in [-0.2, 0) is 29.6 Å². The van der Waals surface area contributed by atoms with Gasteiger partial charge in [-0.25, -0.2) is 0 Å². The summed E-state index contributed by atoms with van der Waals surface area (Å²) in [4.78, 5) is 27.7. The Bertz CT molecular complexity index is 972. The number of Topliss-reactive ketones (excluding diaryl/α,β-unsaturated/α-hetero) is 1. The molecule has 2 aliphatic carbocycles. The topological polar surface area (TPSA) is 69.7 Å². The van der Waals surface area contributed by atoms with Gasteiger partial charge in [0.15, 0.2) is 11.5 Å². The SMILES string of the molecule is COC1=CC(=O)[C@]2(C)CC=C(O[Si](C)(C)C)[C@H](C)[C@]2([S@@](=O)c2ccc(C)cc2)C1=O. The first kappa shape index (κ1) is 22.7. The number of benzene rings is 1. The fourth-order valence-corrected chi connectivity index (χ4v) is 7.52. The first-order chi connectivity index (χ1) is 13.9. The van der Waals surface area contributed by atoms with Gasteiger partial charge in [-0.15, -0.1) is 0 Å². The first-order valence-electron chi connectivity index (χ1n) is 10.1. The maximum Gasteiger partial charge on any atom is 0.241 e. The van der Waals surface area contributed by atoms with Gasteiger partial charge in [-0.05, 0) is 51.2 Å². The van der Waals surface area contributed by atoms with Crippen LogP contribution in [0.2, 0.25) is 19.6 Å². The van der Waals surface area contributed by atoms with E-state index in [-0.39, 0.29) is 18.0 Å². The summed E-state index contributed by atoms with van der Waals surface area (Å²) in [6.07, 6.45) is 3.45. The minimum atomic E-state index is -2.00. The second-order valence-electron chi connectivity index (χ2n) is 9.30. The van der Waals surface area contributed by atoms with Crippen molar-refractivity contribution in [3.8, 4) is 0 Å². The molecule has 1 aromatic carbocycles. The van der Waals surface area contributed by atoms with Crippen molar-refractivity contribution in [1.82, 2.24) is 0 Å². The van der Waals surface area contributed by atoms with Crippen LogP contribution in [0.3, 0.4) is 0 Å². The zero-order valence-electron chi connectivity index (χ0n) is 18.7. The number of fused-ring (bicyclic) bond motifs is 1. The lowest BCUT2D eigenvalue weighted by molar-refractivity contribution is -0.138. The van der Waals surface area contributed by atoms with Crippen molar-refractivity contribution in [2.75, 3.05) is 7.11 Å². The zero-order valence-corrected chi connectivity index (χ0v) is 20.5. The van der Waals surface area contributed by atoms with E-state index in [1.54, 1.807) is 19.1 Å². The molecule has 0 aromatic heterocycles. The van der Waals surface area contributed by atoms with Crippen molar-refractivity contribution in [2.24, 2.45) is 11.3 Å². The van der Waals surface area contributed by atoms with E-state index in [2.05, 4.69) is 19.6 Å². The molecule has 1 aromatic rings. The Morgan fingerprint density at radius 1 is 1.13 bits per heavy atom. The summed E-state index contributed by atoms with van der Waals surface area (Å²) in [7, 11) is -2.43. The van der Waals surface area contributed by atoms with E-state index in [9.17, 15) is 13.8 Å². The summed E-state index contributed by atoms with van der Waals surface area (Å²) in [5, 5.41) is 0. The van der Waals surface area contributed by atoms with Crippen molar-refractivity contribution in [1.29, 1.82) is 0 Å². The average Bonchev–Trinajstić information content (AvgIpc) is 2.67. The van der Waals surface area contributed by atoms with Gasteiger partial charge in [0.25, 0.3) is 0 Å². The lowest BCUT2D eigenvalue weighted by Crippen LogP contribution is -2.67. The second-order valence-corrected chi connectivity index (χ2v) is 15.4. The van der Waals surface area contributed by atoms with Crippen molar-refractivity contribution >= 4 is 30.7 Å². The standard InChI is InChI=1S/C23H30O5SSi/c1-15-8-10-17(11-9-15)29(26)23-16(2)18(28-30(5,6)7)12-13-22(23,3)20(24)14-19(27-4)21(23)25/h8-12,14,16H,13H2,1-7H3/t16-,22-,23-,29-/m0/s1. The van der Waals surface area contributed by atoms with Gasteiger partial charge >= 0.3 is 0 Å². The Morgan fingerprint density at radius 2 is 1.73 bits per heavy atom. The number of ether oxygens (including phenoxy) is 1. The Morgan fingerprint density at radius 3 is 2.27 bits per heavy atom. The van der Waals surface area contributed by atoms with E-state index < -0.39 is 41.0 Å². The van der Waals surface area contributed by atoms with Crippen LogP contribution in [0.1, 0.15) is 25.8 Å². The lowest BCUT2D eigenvalue weighted by atomic mass is 9.58. The Hall–Kier alpha value is -1.99. The zero-order chi connectivity index (χ0) is 22.5. The van der Waals surface area contributed by atoms with E-state index in [0.29, 0.717) is 10.7 Å². The van der Waals surface area contributed by atoms with Gasteiger partial charge in [-0.3, -0.25) is 13.8 Å². The summed E-state index contributed by atoms with van der Waals surface area (Å²) in [6, 6.07) is 7.28. The van der Waals surface area contributed by atoms with Crippen molar-refractivity contribution in [2.45, 2.75) is 56.5 Å². The Kier molecular flexibility index (Phi) is 5.75. The number of hydrogen-bond acceptors (Lipinski definition) is 5. The third kappa shape index (κ3) is 3.32. The summed E-state index contributed by atoms with van der Waals surface area (Å²) in [5.41, 5.74) is -0.132. The molecule has 0 unspecified atom stereocenters. The number of rotatable bonds is 5. The van der Waals surface area contributed by atoms with Crippen molar-refractivity contribution in [3.05, 3.63) is 53.5 Å². The summed E-state index contributed by atoms with van der Waals surface area (Å²) >= 11 is 0. The first-order valence-corrected chi connectivity index (χ1v) is 14.7. The third-order valence-corrected chi connectivity index (χ3v) is 9.23. The van der Waals surface area contributed by atoms with Gasteiger partial charge in [-0.2, -0.15) is 0 Å². The molecule has 0 heterocycles. The number of allylic oxidation sites excluding steroid dienone is 4. The maximum absolute atomic E-state index is 14.2. The molecule has 0 N–H and O–H groups in total. The third-order valence-electron chi connectivity index (χ3n) is 6.11. The molecule has 30 heavy (non-hydrogen) atoms. The highest BCUT2D eigenvalue weighted by Gasteiger charge is 2.69. The summed E-state index contributed by atoms with van der Waals surface area (Å²) in [6.45, 7) is 11.7. The van der Waals surface area contributed by atoms with Crippen LogP contribution in [-0.4, -0.2) is 35.9 Å². The monoisotopic (exact) mass is 446 g/mol. The fraction of sp³-hybridized carbons (Fsp3) is 0.478. The van der Waals surface area contributed by atoms with Gasteiger partial charge in [-0.1, -0.05) is 31.5 Å². The molecule has 0 bridgehead atoms. The molecule has 0 aliphatic heterocycles. The van der Waals surface area contributed by atoms with Crippen LogP contribution in [0.25, 0.3) is 0 Å². The Labute approximate surface area is 182 Å². The molecule has 0 radical (unpaired) electrons. The molecule has 3 rings (SSSR count). The quantitative estimate of drug-likeness (QED) is 0.631. The second kappa shape index (κ2) is 7.61. The summed E-state index contributed by atoms with van der Waals surface area (Å²) in [5.74, 6) is -0.595. The molecule has 0 spiro atoms. The molecule has 0 saturated heterocycles. The number of hydrogen-bond donors (Lipinski definition) is 0. The highest BCUT2D eigenvalue weighted by atomic mass is 32.2. The van der Waals surface area contributed by atoms with E-state index in [1.807, 2.05) is 32.1 Å². The molecule has 0 amide bonds. The molecule has 0 fully saturated rings. The van der Waals surface area contributed by atoms with Crippen LogP contribution in [0.15, 0.2) is 52.8 Å². The van der Waals surface area contributed by atoms with E-state index >= 15 is 0 Å². The van der Waals surface area contributed by atoms with Crippen LogP contribution in [0, 0.1) is 18.3 Å². The van der Waals surface area contributed by atoms with Gasteiger partial charge < -0.3 is 9.16 Å². The normalized spacial score (nSPS) is 30.2. The molecular formula is C23H30O5SSi. The number of carbonyl (C=O) groups is 2. The van der Waals surface area contributed by atoms with E-state index in [0.717, 1.165) is 5.56 Å². The van der Waals surface area contributed by atoms with Crippen LogP contribution < -0.4 is 0 Å². The minimum absolute atomic E-state index is 0.0426. The van der Waals surface area contributed by atoms with Crippen LogP contribution in [0.4, 0.5) is 0 Å². The Balaban J connectivity index is 2.28. The maximum atomic E-state index is 14.2. The van der Waals surface area contributed by atoms with Crippen LogP contribution >= 0.6 is 0 Å². The average molecular weight is 447 g/mol. The highest BCUT2D eigenvalue weighted by Crippen LogP contribution is 2.56. The minimum Gasteiger partial charge on any atom is -0.547 e. The van der Waals surface area contributed by atoms with Crippen molar-refractivity contribution < 1.29 is 23.0 Å². The number of aryl methyl sites for hydroxylation is 1. The van der Waals surface area contributed by atoms with Gasteiger partial charge in [0, 0.05) is 16.9 Å². The van der Waals surface area contributed by atoms with E-state index in [4.69, 9.17) is 9.16 Å². The van der Waals surface area contributed by atoms with Gasteiger partial charge in [0.1, 0.15) is 4.75 Å². The molecule has 5 nitrogen and oxygen atoms in total. The number of ketones is 2.